The summed E-state index contributed by atoms with van der Waals surface area (Å²) in [6.45, 7) is 0. The van der Waals surface area contributed by atoms with Crippen LogP contribution in [-0.4, -0.2) is 36.3 Å². The molecule has 1 saturated heterocycles. The standard InChI is InChI=1S/C27H23FN2O5S2/c1-34-16-8-3-11(9-17(16)35-2)18-19-14-10-15(22(19)36-24-23(18)37-27(33)29-24)21-20(14)25(31)30(26(21)32)13-6-4-12(28)5-7-13/h3-9,14-15,18-22H,10H2,1-2H3,(H,29,33)/t14-,15+,18+,19+,20+,21-,22-/m1/s1. The fourth-order valence-corrected chi connectivity index (χ4v) is 10.2. The minimum atomic E-state index is -0.413. The third-order valence-corrected chi connectivity index (χ3v) is 11.2. The number of nitrogens with one attached hydrogen (secondary N) is 1. The lowest BCUT2D eigenvalue weighted by Crippen LogP contribution is -2.42. The molecule has 37 heavy (non-hydrogen) atoms. The zero-order chi connectivity index (χ0) is 25.6. The molecule has 2 saturated carbocycles. The molecule has 2 aliphatic carbocycles. The predicted molar refractivity (Wildman–Crippen MR) is 137 cm³/mol. The minimum Gasteiger partial charge on any atom is -0.493 e. The van der Waals surface area contributed by atoms with Gasteiger partial charge in [0.1, 0.15) is 5.82 Å². The number of amides is 2. The van der Waals surface area contributed by atoms with Crippen LogP contribution in [0.25, 0.3) is 0 Å². The molecule has 4 aliphatic rings. The number of ether oxygens (including phenoxy) is 2. The number of hydrogen-bond donors (Lipinski definition) is 1. The zero-order valence-corrected chi connectivity index (χ0v) is 21.6. The van der Waals surface area contributed by atoms with Gasteiger partial charge in [-0.15, -0.1) is 11.8 Å². The van der Waals surface area contributed by atoms with Crippen molar-refractivity contribution >= 4 is 40.6 Å². The van der Waals surface area contributed by atoms with Crippen molar-refractivity contribution < 1.29 is 23.5 Å². The number of imide groups is 1. The van der Waals surface area contributed by atoms with Crippen molar-refractivity contribution in [1.82, 2.24) is 4.98 Å². The number of thiazole rings is 1. The van der Waals surface area contributed by atoms with Crippen LogP contribution in [0.1, 0.15) is 22.8 Å². The molecule has 0 radical (unpaired) electrons. The molecule has 7 atom stereocenters. The fourth-order valence-electron chi connectivity index (χ4n) is 7.28. The Morgan fingerprint density at radius 3 is 2.35 bits per heavy atom. The Morgan fingerprint density at radius 1 is 0.946 bits per heavy atom. The molecule has 190 valence electrons. The number of fused-ring (bicyclic) bond motifs is 9. The van der Waals surface area contributed by atoms with Crippen LogP contribution < -0.4 is 19.2 Å². The number of halogens is 1. The fraction of sp³-hybridized carbons (Fsp3) is 0.370. The maximum absolute atomic E-state index is 13.7. The summed E-state index contributed by atoms with van der Waals surface area (Å²) in [4.78, 5) is 44.9. The van der Waals surface area contributed by atoms with E-state index in [2.05, 4.69) is 4.98 Å². The summed E-state index contributed by atoms with van der Waals surface area (Å²) in [5.74, 6) is -0.394. The SMILES string of the molecule is COc1ccc([C@@H]2c3sc(=O)[nH]c3S[C@@H]3[C@H]4C[C@@H]([C@@H]5C(=O)N(c6ccc(F)cc6)C(=O)[C@H]45)[C@@H]23)cc1OC. The van der Waals surface area contributed by atoms with E-state index in [1.807, 2.05) is 18.2 Å². The van der Waals surface area contributed by atoms with E-state index in [-0.39, 0.29) is 45.6 Å². The van der Waals surface area contributed by atoms with E-state index in [4.69, 9.17) is 9.47 Å². The first-order valence-corrected chi connectivity index (χ1v) is 13.9. The van der Waals surface area contributed by atoms with Crippen molar-refractivity contribution in [3.63, 3.8) is 0 Å². The first kappa shape index (κ1) is 23.0. The van der Waals surface area contributed by atoms with Crippen LogP contribution in [0, 0.1) is 35.4 Å². The topological polar surface area (TPSA) is 88.7 Å². The van der Waals surface area contributed by atoms with Crippen LogP contribution in [0.4, 0.5) is 10.1 Å². The highest BCUT2D eigenvalue weighted by molar-refractivity contribution is 8.00. The molecule has 1 aromatic heterocycles. The molecular weight excluding hydrogens is 515 g/mol. The van der Waals surface area contributed by atoms with Gasteiger partial charge in [0.15, 0.2) is 11.5 Å². The average molecular weight is 539 g/mol. The largest absolute Gasteiger partial charge is 0.493 e. The lowest BCUT2D eigenvalue weighted by Gasteiger charge is -2.43. The van der Waals surface area contributed by atoms with Crippen molar-refractivity contribution in [2.45, 2.75) is 22.6 Å². The van der Waals surface area contributed by atoms with Crippen LogP contribution in [0.2, 0.25) is 0 Å². The van der Waals surface area contributed by atoms with E-state index in [1.54, 1.807) is 26.0 Å². The van der Waals surface area contributed by atoms with Crippen molar-refractivity contribution in [3.05, 3.63) is 68.4 Å². The van der Waals surface area contributed by atoms with Gasteiger partial charge < -0.3 is 14.5 Å². The first-order valence-electron chi connectivity index (χ1n) is 12.2. The number of thioether (sulfide) groups is 1. The molecule has 7 nitrogen and oxygen atoms in total. The third-order valence-electron chi connectivity index (χ3n) is 8.58. The van der Waals surface area contributed by atoms with Crippen molar-refractivity contribution in [2.24, 2.45) is 29.6 Å². The summed E-state index contributed by atoms with van der Waals surface area (Å²) >= 11 is 2.86. The van der Waals surface area contributed by atoms with Crippen LogP contribution in [-0.2, 0) is 9.59 Å². The maximum Gasteiger partial charge on any atom is 0.305 e. The lowest BCUT2D eigenvalue weighted by molar-refractivity contribution is -0.123. The quantitative estimate of drug-likeness (QED) is 0.499. The molecule has 2 aliphatic heterocycles. The smallest absolute Gasteiger partial charge is 0.305 e. The van der Waals surface area contributed by atoms with Gasteiger partial charge in [0.2, 0.25) is 11.8 Å². The number of anilines is 1. The van der Waals surface area contributed by atoms with Crippen molar-refractivity contribution in [3.8, 4) is 11.5 Å². The summed E-state index contributed by atoms with van der Waals surface area (Å²) < 4.78 is 24.6. The minimum absolute atomic E-state index is 0.00199. The zero-order valence-electron chi connectivity index (χ0n) is 20.0. The van der Waals surface area contributed by atoms with Gasteiger partial charge in [0, 0.05) is 16.0 Å². The Hall–Kier alpha value is -3.11. The molecule has 3 aromatic rings. The van der Waals surface area contributed by atoms with E-state index in [1.165, 1.54) is 40.5 Å². The number of methoxy groups -OCH3 is 2. The molecular formula is C27H23FN2O5S2. The third kappa shape index (κ3) is 3.15. The van der Waals surface area contributed by atoms with Gasteiger partial charge in [-0.05, 0) is 66.1 Å². The summed E-state index contributed by atoms with van der Waals surface area (Å²) in [6, 6.07) is 11.4. The van der Waals surface area contributed by atoms with E-state index in [0.717, 1.165) is 21.9 Å². The summed E-state index contributed by atoms with van der Waals surface area (Å²) in [7, 11) is 3.18. The van der Waals surface area contributed by atoms with Gasteiger partial charge in [-0.3, -0.25) is 19.3 Å². The number of aromatic amines is 1. The highest BCUT2D eigenvalue weighted by Gasteiger charge is 2.69. The highest BCUT2D eigenvalue weighted by atomic mass is 32.2. The maximum atomic E-state index is 13.7. The molecule has 2 bridgehead atoms. The van der Waals surface area contributed by atoms with Crippen LogP contribution in [0.3, 0.4) is 0 Å². The number of hydrogen-bond acceptors (Lipinski definition) is 7. The number of H-pyrrole nitrogens is 1. The number of carbonyl (C=O) groups excluding carboxylic acids is 2. The van der Waals surface area contributed by atoms with Gasteiger partial charge in [-0.25, -0.2) is 4.39 Å². The molecule has 2 amide bonds. The van der Waals surface area contributed by atoms with Crippen molar-refractivity contribution in [1.29, 1.82) is 0 Å². The van der Waals surface area contributed by atoms with Crippen LogP contribution in [0.5, 0.6) is 11.5 Å². The Bertz CT molecular complexity index is 1500. The monoisotopic (exact) mass is 538 g/mol. The normalized spacial score (nSPS) is 31.3. The van der Waals surface area contributed by atoms with E-state index >= 15 is 0 Å². The van der Waals surface area contributed by atoms with E-state index in [0.29, 0.717) is 17.2 Å². The Balaban J connectivity index is 1.32. The number of aromatic nitrogens is 1. The number of benzene rings is 2. The second kappa shape index (κ2) is 8.19. The molecule has 7 rings (SSSR count). The molecule has 0 spiro atoms. The van der Waals surface area contributed by atoms with Crippen LogP contribution in [0.15, 0.2) is 52.3 Å². The Morgan fingerprint density at radius 2 is 1.65 bits per heavy atom. The van der Waals surface area contributed by atoms with Gasteiger partial charge in [-0.1, -0.05) is 17.4 Å². The molecule has 2 aromatic carbocycles. The van der Waals surface area contributed by atoms with Crippen LogP contribution >= 0.6 is 23.1 Å². The Kier molecular flexibility index (Phi) is 5.10. The molecule has 3 fully saturated rings. The van der Waals surface area contributed by atoms with E-state index < -0.39 is 17.7 Å². The van der Waals surface area contributed by atoms with Gasteiger partial charge >= 0.3 is 4.87 Å². The summed E-state index contributed by atoms with van der Waals surface area (Å²) in [5.41, 5.74) is 1.42. The predicted octanol–water partition coefficient (Wildman–Crippen LogP) is 4.27. The number of rotatable bonds is 4. The summed E-state index contributed by atoms with van der Waals surface area (Å²) in [6.07, 6.45) is 0.801. The number of carbonyl (C=O) groups is 2. The second-order valence-corrected chi connectivity index (χ2v) is 12.3. The van der Waals surface area contributed by atoms with Gasteiger partial charge in [0.25, 0.3) is 0 Å². The summed E-state index contributed by atoms with van der Waals surface area (Å²) in [5, 5.41) is 0.944. The Labute approximate surface area is 220 Å². The molecule has 1 N–H and O–H groups in total. The van der Waals surface area contributed by atoms with Crippen molar-refractivity contribution in [2.75, 3.05) is 19.1 Å². The second-order valence-electron chi connectivity index (χ2n) is 10.1. The molecule has 0 unspecified atom stereocenters. The average Bonchev–Trinajstić information content (AvgIpc) is 3.63. The van der Waals surface area contributed by atoms with Gasteiger partial charge in [0.05, 0.1) is 36.8 Å². The molecule has 3 heterocycles. The van der Waals surface area contributed by atoms with E-state index in [9.17, 15) is 18.8 Å². The first-order chi connectivity index (χ1) is 17.9. The number of nitrogens with zero attached hydrogens (tertiary/aromatic N) is 1. The lowest BCUT2D eigenvalue weighted by atomic mass is 9.68. The van der Waals surface area contributed by atoms with Gasteiger partial charge in [-0.2, -0.15) is 0 Å². The molecule has 10 heteroatoms. The highest BCUT2D eigenvalue weighted by Crippen LogP contribution is 2.68.